The third-order valence-corrected chi connectivity index (χ3v) is 7.30. The van der Waals surface area contributed by atoms with Crippen LogP contribution >= 0.6 is 0 Å². The van der Waals surface area contributed by atoms with Crippen molar-refractivity contribution in [2.24, 2.45) is 5.41 Å². The van der Waals surface area contributed by atoms with Gasteiger partial charge in [-0.25, -0.2) is 4.68 Å². The van der Waals surface area contributed by atoms with Gasteiger partial charge in [-0.15, -0.1) is 0 Å². The number of aromatic nitrogens is 2. The molecule has 0 fully saturated rings. The lowest BCUT2D eigenvalue weighted by molar-refractivity contribution is 0.0796. The van der Waals surface area contributed by atoms with Gasteiger partial charge in [0, 0.05) is 31.1 Å². The number of anilines is 1. The van der Waals surface area contributed by atoms with Gasteiger partial charge >= 0.3 is 0 Å². The van der Waals surface area contributed by atoms with E-state index >= 15 is 0 Å². The number of carbonyl (C=O) groups is 2. The van der Waals surface area contributed by atoms with Crippen LogP contribution in [0.25, 0.3) is 16.9 Å². The molecule has 194 valence electrons. The summed E-state index contributed by atoms with van der Waals surface area (Å²) in [4.78, 5) is 28.2. The first-order valence-electron chi connectivity index (χ1n) is 13.0. The van der Waals surface area contributed by atoms with Gasteiger partial charge < -0.3 is 10.6 Å². The number of rotatable bonds is 6. The van der Waals surface area contributed by atoms with Gasteiger partial charge in [0.15, 0.2) is 5.78 Å². The minimum Gasteiger partial charge on any atom is -0.397 e. The summed E-state index contributed by atoms with van der Waals surface area (Å²) in [7, 11) is 1.81. The molecule has 0 saturated heterocycles. The molecule has 1 heterocycles. The molecule has 0 aliphatic heterocycles. The average Bonchev–Trinajstić information content (AvgIpc) is 3.26. The van der Waals surface area contributed by atoms with Gasteiger partial charge in [-0.05, 0) is 48.9 Å². The van der Waals surface area contributed by atoms with Gasteiger partial charge in [-0.3, -0.25) is 9.59 Å². The Hall–Kier alpha value is -4.19. The molecule has 1 aliphatic carbocycles. The molecule has 0 unspecified atom stereocenters. The molecule has 1 aliphatic rings. The number of aryl methyl sites for hydroxylation is 1. The van der Waals surface area contributed by atoms with E-state index in [0.29, 0.717) is 47.6 Å². The van der Waals surface area contributed by atoms with Crippen molar-refractivity contribution in [3.63, 3.8) is 0 Å². The summed E-state index contributed by atoms with van der Waals surface area (Å²) >= 11 is 0. The second kappa shape index (κ2) is 9.93. The molecule has 1 amide bonds. The smallest absolute Gasteiger partial charge is 0.253 e. The van der Waals surface area contributed by atoms with Crippen LogP contribution in [0.5, 0.6) is 0 Å². The SMILES string of the molecule is Cc1ccc(CCN(C)C(=O)c2ccc(-n3nc(-c4ccccc4)c4c3CC(C)(C)CC4=O)c(N)c2)cc1. The van der Waals surface area contributed by atoms with Crippen molar-refractivity contribution in [3.8, 4) is 16.9 Å². The number of benzene rings is 3. The Balaban J connectivity index is 1.45. The van der Waals surface area contributed by atoms with Crippen LogP contribution in [-0.2, 0) is 12.8 Å². The largest absolute Gasteiger partial charge is 0.397 e. The van der Waals surface area contributed by atoms with E-state index in [4.69, 9.17) is 10.8 Å². The van der Waals surface area contributed by atoms with Crippen molar-refractivity contribution < 1.29 is 9.59 Å². The van der Waals surface area contributed by atoms with E-state index in [9.17, 15) is 9.59 Å². The molecule has 0 bridgehead atoms. The number of ketones is 1. The number of nitrogen functional groups attached to an aromatic ring is 1. The summed E-state index contributed by atoms with van der Waals surface area (Å²) < 4.78 is 1.81. The fourth-order valence-electron chi connectivity index (χ4n) is 5.20. The Bertz CT molecular complexity index is 1500. The van der Waals surface area contributed by atoms with E-state index < -0.39 is 0 Å². The van der Waals surface area contributed by atoms with Crippen molar-refractivity contribution in [2.75, 3.05) is 19.3 Å². The normalized spacial score (nSPS) is 14.3. The highest BCUT2D eigenvalue weighted by Gasteiger charge is 2.37. The summed E-state index contributed by atoms with van der Waals surface area (Å²) in [5, 5.41) is 4.91. The topological polar surface area (TPSA) is 81.2 Å². The minimum absolute atomic E-state index is 0.0841. The van der Waals surface area contributed by atoms with Crippen LogP contribution in [0.1, 0.15) is 57.8 Å². The molecule has 3 aromatic carbocycles. The molecule has 0 spiro atoms. The number of likely N-dealkylation sites (N-methyl/N-ethyl adjacent to an activating group) is 1. The van der Waals surface area contributed by atoms with E-state index in [1.807, 2.05) is 43.4 Å². The number of carbonyl (C=O) groups excluding carboxylic acids is 2. The number of Topliss-reactive ketones (excluding diaryl/α,β-unsaturated/α-hetero) is 1. The molecule has 2 N–H and O–H groups in total. The summed E-state index contributed by atoms with van der Waals surface area (Å²) in [6.07, 6.45) is 1.96. The lowest BCUT2D eigenvalue weighted by Crippen LogP contribution is -2.29. The lowest BCUT2D eigenvalue weighted by atomic mass is 9.75. The second-order valence-electron chi connectivity index (χ2n) is 11.1. The Kier molecular flexibility index (Phi) is 6.66. The monoisotopic (exact) mass is 506 g/mol. The fourth-order valence-corrected chi connectivity index (χ4v) is 5.20. The van der Waals surface area contributed by atoms with Crippen LogP contribution in [0.3, 0.4) is 0 Å². The van der Waals surface area contributed by atoms with Crippen LogP contribution < -0.4 is 5.73 Å². The molecule has 6 nitrogen and oxygen atoms in total. The molecular weight excluding hydrogens is 472 g/mol. The van der Waals surface area contributed by atoms with E-state index in [2.05, 4.69) is 45.0 Å². The van der Waals surface area contributed by atoms with Gasteiger partial charge in [0.2, 0.25) is 0 Å². The standard InChI is InChI=1S/C32H34N4O2/c1-21-10-12-22(13-11-21)16-17-35(4)31(38)24-14-15-26(25(33)18-24)36-27-19-32(2,3)20-28(37)29(27)30(34-36)23-8-6-5-7-9-23/h5-15,18H,16-17,19-20,33H2,1-4H3. The Labute approximate surface area is 224 Å². The molecule has 38 heavy (non-hydrogen) atoms. The van der Waals surface area contributed by atoms with Gasteiger partial charge in [-0.1, -0.05) is 74.0 Å². The summed E-state index contributed by atoms with van der Waals surface area (Å²) in [5.74, 6) is 0.0149. The van der Waals surface area contributed by atoms with Crippen molar-refractivity contribution in [1.29, 1.82) is 0 Å². The minimum atomic E-state index is -0.180. The van der Waals surface area contributed by atoms with E-state index in [1.54, 1.807) is 21.7 Å². The molecule has 0 radical (unpaired) electrons. The fraction of sp³-hybridized carbons (Fsp3) is 0.281. The third-order valence-electron chi connectivity index (χ3n) is 7.30. The van der Waals surface area contributed by atoms with Gasteiger partial charge in [0.05, 0.1) is 22.6 Å². The molecule has 0 atom stereocenters. The molecule has 0 saturated carbocycles. The van der Waals surface area contributed by atoms with Crippen LogP contribution in [0, 0.1) is 12.3 Å². The van der Waals surface area contributed by atoms with Gasteiger partial charge in [0.25, 0.3) is 5.91 Å². The van der Waals surface area contributed by atoms with E-state index in [1.165, 1.54) is 11.1 Å². The number of amides is 1. The Morgan fingerprint density at radius 2 is 1.74 bits per heavy atom. The van der Waals surface area contributed by atoms with Crippen molar-refractivity contribution in [1.82, 2.24) is 14.7 Å². The number of nitrogens with zero attached hydrogens (tertiary/aromatic N) is 3. The van der Waals surface area contributed by atoms with Crippen LogP contribution in [0.2, 0.25) is 0 Å². The number of fused-ring (bicyclic) bond motifs is 1. The molecule has 4 aromatic rings. The zero-order chi connectivity index (χ0) is 27.0. The highest BCUT2D eigenvalue weighted by Crippen LogP contribution is 2.40. The highest BCUT2D eigenvalue weighted by atomic mass is 16.2. The number of hydrogen-bond acceptors (Lipinski definition) is 4. The van der Waals surface area contributed by atoms with Crippen LogP contribution in [-0.4, -0.2) is 40.0 Å². The number of nitrogens with two attached hydrogens (primary N) is 1. The quantitative estimate of drug-likeness (QED) is 0.330. The first-order chi connectivity index (χ1) is 18.1. The van der Waals surface area contributed by atoms with E-state index in [-0.39, 0.29) is 17.1 Å². The molecule has 6 heteroatoms. The highest BCUT2D eigenvalue weighted by molar-refractivity contribution is 6.04. The lowest BCUT2D eigenvalue weighted by Gasteiger charge is -2.29. The second-order valence-corrected chi connectivity index (χ2v) is 11.1. The Morgan fingerprint density at radius 3 is 2.42 bits per heavy atom. The average molecular weight is 507 g/mol. The summed E-state index contributed by atoms with van der Waals surface area (Å²) in [5.41, 5.74) is 13.5. The van der Waals surface area contributed by atoms with E-state index in [0.717, 1.165) is 17.7 Å². The maximum Gasteiger partial charge on any atom is 0.253 e. The predicted octanol–water partition coefficient (Wildman–Crippen LogP) is 5.90. The maximum atomic E-state index is 13.3. The van der Waals surface area contributed by atoms with Crippen LogP contribution in [0.15, 0.2) is 72.8 Å². The zero-order valence-corrected chi connectivity index (χ0v) is 22.5. The van der Waals surface area contributed by atoms with Crippen LogP contribution in [0.4, 0.5) is 5.69 Å². The van der Waals surface area contributed by atoms with Crippen molar-refractivity contribution >= 4 is 17.4 Å². The van der Waals surface area contributed by atoms with Gasteiger partial charge in [-0.2, -0.15) is 5.10 Å². The number of hydrogen-bond donors (Lipinski definition) is 1. The predicted molar refractivity (Wildman–Crippen MR) is 152 cm³/mol. The summed E-state index contributed by atoms with van der Waals surface area (Å²) in [6.45, 7) is 6.87. The Morgan fingerprint density at radius 1 is 1.03 bits per heavy atom. The first-order valence-corrected chi connectivity index (χ1v) is 13.0. The maximum absolute atomic E-state index is 13.3. The zero-order valence-electron chi connectivity index (χ0n) is 22.5. The van der Waals surface area contributed by atoms with Gasteiger partial charge in [0.1, 0.15) is 5.69 Å². The molecule has 5 rings (SSSR count). The first kappa shape index (κ1) is 25.5. The molecular formula is C32H34N4O2. The van der Waals surface area contributed by atoms with Crippen molar-refractivity contribution in [3.05, 3.63) is 101 Å². The third kappa shape index (κ3) is 4.99. The van der Waals surface area contributed by atoms with Crippen molar-refractivity contribution in [2.45, 2.75) is 40.0 Å². The summed E-state index contributed by atoms with van der Waals surface area (Å²) in [6, 6.07) is 23.5. The molecule has 1 aromatic heterocycles.